The molecule has 0 radical (unpaired) electrons. The highest BCUT2D eigenvalue weighted by Gasteiger charge is 2.32. The Balaban J connectivity index is 2.90. The first-order chi connectivity index (χ1) is 26.5. The number of hydrogen-bond acceptors (Lipinski definition) is 10. The summed E-state index contributed by atoms with van der Waals surface area (Å²) in [6, 6.07) is 0.182. The average molecular weight is 788 g/mol. The van der Waals surface area contributed by atoms with Crippen LogP contribution in [0.4, 0.5) is 4.79 Å². The zero-order valence-corrected chi connectivity index (χ0v) is 31.6. The smallest absolute Gasteiger partial charge is 0.315 e. The first-order valence-electron chi connectivity index (χ1n) is 18.1. The summed E-state index contributed by atoms with van der Waals surface area (Å²) in [6.45, 7) is 3.63. The fraction of sp³-hybridized carbons (Fsp3) is 0.541. The Labute approximate surface area is 324 Å². The molecular weight excluding hydrogens is 734 g/mol. The second-order valence-electron chi connectivity index (χ2n) is 13.1. The molecule has 56 heavy (non-hydrogen) atoms. The van der Waals surface area contributed by atoms with Crippen molar-refractivity contribution in [3.05, 3.63) is 35.4 Å². The molecule has 0 fully saturated rings. The molecular formula is C37H53N7O12. The first kappa shape index (κ1) is 48.0. The molecule has 0 aliphatic rings. The van der Waals surface area contributed by atoms with Gasteiger partial charge in [0.05, 0.1) is 31.2 Å². The highest BCUT2D eigenvalue weighted by molar-refractivity contribution is 5.97. The van der Waals surface area contributed by atoms with Crippen molar-refractivity contribution in [3.8, 4) is 12.3 Å². The summed E-state index contributed by atoms with van der Waals surface area (Å²) in [5, 5.41) is 42.5. The van der Waals surface area contributed by atoms with Gasteiger partial charge in [-0.25, -0.2) is 4.79 Å². The number of amides is 6. The van der Waals surface area contributed by atoms with Crippen molar-refractivity contribution in [3.63, 3.8) is 0 Å². The first-order valence-corrected chi connectivity index (χ1v) is 18.1. The fourth-order valence-electron chi connectivity index (χ4n) is 5.11. The lowest BCUT2D eigenvalue weighted by Crippen LogP contribution is -2.58. The lowest BCUT2D eigenvalue weighted by Gasteiger charge is -2.25. The Morgan fingerprint density at radius 1 is 0.696 bits per heavy atom. The van der Waals surface area contributed by atoms with Crippen LogP contribution in [0.2, 0.25) is 0 Å². The summed E-state index contributed by atoms with van der Waals surface area (Å²) in [5.41, 5.74) is 6.70. The van der Waals surface area contributed by atoms with E-state index < -0.39 is 96.3 Å². The molecule has 0 aromatic heterocycles. The van der Waals surface area contributed by atoms with Gasteiger partial charge in [-0.05, 0) is 56.7 Å². The Bertz CT molecular complexity index is 1580. The van der Waals surface area contributed by atoms with E-state index in [9.17, 15) is 53.4 Å². The van der Waals surface area contributed by atoms with Gasteiger partial charge >= 0.3 is 23.9 Å². The van der Waals surface area contributed by atoms with Crippen molar-refractivity contribution in [1.82, 2.24) is 31.9 Å². The summed E-state index contributed by atoms with van der Waals surface area (Å²) in [6.07, 6.45) is 5.60. The number of unbranched alkanes of at least 4 members (excludes halogenated alkanes) is 2. The number of Topliss-reactive ketones (excluding diaryl/α,β-unsaturated/α-hetero) is 1. The maximum absolute atomic E-state index is 13.3. The number of carbonyl (C=O) groups is 9. The third-order valence-electron chi connectivity index (χ3n) is 8.36. The molecule has 0 heterocycles. The molecule has 6 amide bonds. The van der Waals surface area contributed by atoms with Crippen LogP contribution in [0.15, 0.2) is 24.3 Å². The summed E-state index contributed by atoms with van der Waals surface area (Å²) < 4.78 is 0. The second-order valence-corrected chi connectivity index (χ2v) is 13.1. The summed E-state index contributed by atoms with van der Waals surface area (Å²) in [7, 11) is 0. The van der Waals surface area contributed by atoms with Crippen LogP contribution in [-0.4, -0.2) is 106 Å². The van der Waals surface area contributed by atoms with Crippen LogP contribution in [0.1, 0.15) is 82.8 Å². The Morgan fingerprint density at radius 3 is 1.75 bits per heavy atom. The molecule has 5 atom stereocenters. The number of nitrogens with two attached hydrogens (primary N) is 1. The molecule has 1 aromatic carbocycles. The van der Waals surface area contributed by atoms with E-state index in [1.165, 1.54) is 6.92 Å². The van der Waals surface area contributed by atoms with Crippen molar-refractivity contribution in [1.29, 1.82) is 0 Å². The summed E-state index contributed by atoms with van der Waals surface area (Å²) in [4.78, 5) is 111. The third-order valence-corrected chi connectivity index (χ3v) is 8.36. The molecule has 1 unspecified atom stereocenters. The van der Waals surface area contributed by atoms with Gasteiger partial charge < -0.3 is 53.0 Å². The molecule has 1 rings (SSSR count). The fourth-order valence-corrected chi connectivity index (χ4v) is 5.11. The molecule has 0 spiro atoms. The van der Waals surface area contributed by atoms with E-state index in [4.69, 9.17) is 17.3 Å². The van der Waals surface area contributed by atoms with E-state index in [1.54, 1.807) is 31.2 Å². The Morgan fingerprint density at radius 2 is 1.21 bits per heavy atom. The minimum atomic E-state index is -1.80. The number of nitrogens with one attached hydrogen (secondary N) is 6. The molecule has 0 saturated carbocycles. The molecule has 308 valence electrons. The second kappa shape index (κ2) is 25.9. The van der Waals surface area contributed by atoms with Gasteiger partial charge in [0.2, 0.25) is 23.6 Å². The number of carboxylic acid groups (broad SMARTS) is 3. The zero-order valence-electron chi connectivity index (χ0n) is 31.6. The highest BCUT2D eigenvalue weighted by atomic mass is 16.4. The van der Waals surface area contributed by atoms with Gasteiger partial charge in [0.25, 0.3) is 0 Å². The van der Waals surface area contributed by atoms with Crippen LogP contribution >= 0.6 is 0 Å². The molecule has 0 bridgehead atoms. The number of urea groups is 1. The van der Waals surface area contributed by atoms with Crippen LogP contribution in [0.25, 0.3) is 0 Å². The minimum Gasteiger partial charge on any atom is -0.481 e. The predicted molar refractivity (Wildman–Crippen MR) is 200 cm³/mol. The molecule has 19 nitrogen and oxygen atoms in total. The van der Waals surface area contributed by atoms with Crippen LogP contribution in [0, 0.1) is 18.3 Å². The third kappa shape index (κ3) is 19.9. The maximum atomic E-state index is 13.3. The topological polar surface area (TPSA) is 313 Å². The standard InChI is InChI=1S/C37H53N7O12/c1-4-9-26(23(3)45)42-33(51)27(11-5-7-16-38)43-35(53)29(20-32(49)50)44-34(52)28(19-31(47)48)41-30(46)18-24-12-14-25(15-13-24)21-40-37(56)39-17-8-6-10-22(2)36(54)55/h1,12-15,22,26-29H,5-11,16-21,38H2,2-3H3,(H,41,46)(H,42,51)(H,43,53)(H,44,52)(H,47,48)(H,49,50)(H,54,55)(H2,39,40,56)/t22-,26-,27?,28-,29-/m0/s1. The minimum absolute atomic E-state index is 0.0337. The van der Waals surface area contributed by atoms with Crippen molar-refractivity contribution in [2.45, 2.75) is 109 Å². The lowest BCUT2D eigenvalue weighted by molar-refractivity contribution is -0.143. The van der Waals surface area contributed by atoms with Crippen molar-refractivity contribution in [2.75, 3.05) is 13.1 Å². The number of hydrogen-bond donors (Lipinski definition) is 10. The van der Waals surface area contributed by atoms with E-state index in [0.717, 1.165) is 0 Å². The van der Waals surface area contributed by atoms with Crippen molar-refractivity contribution in [2.24, 2.45) is 11.7 Å². The van der Waals surface area contributed by atoms with Crippen LogP contribution in [-0.2, 0) is 51.3 Å². The monoisotopic (exact) mass is 787 g/mol. The molecule has 19 heteroatoms. The van der Waals surface area contributed by atoms with Crippen LogP contribution in [0.5, 0.6) is 0 Å². The van der Waals surface area contributed by atoms with E-state index in [2.05, 4.69) is 37.8 Å². The number of aliphatic carboxylic acids is 3. The van der Waals surface area contributed by atoms with E-state index >= 15 is 0 Å². The SMILES string of the molecule is C#CC[C@H](NC(=O)C(CCCCN)NC(=O)[C@H](CC(=O)O)NC(=O)[C@H](CC(=O)O)NC(=O)Cc1ccc(CNC(=O)NCCCC[C@H](C)C(=O)O)cc1)C(C)=O. The number of rotatable bonds is 27. The molecule has 0 aliphatic carbocycles. The van der Waals surface area contributed by atoms with E-state index in [1.807, 2.05) is 0 Å². The Kier molecular flexibility index (Phi) is 22.2. The highest BCUT2D eigenvalue weighted by Crippen LogP contribution is 2.09. The van der Waals surface area contributed by atoms with E-state index in [-0.39, 0.29) is 32.4 Å². The Hall–Kier alpha value is -6.03. The molecule has 1 aromatic rings. The number of terminal acetylenes is 1. The zero-order chi connectivity index (χ0) is 42.2. The van der Waals surface area contributed by atoms with Crippen molar-refractivity contribution >= 4 is 53.4 Å². The summed E-state index contributed by atoms with van der Waals surface area (Å²) >= 11 is 0. The van der Waals surface area contributed by atoms with Crippen molar-refractivity contribution < 1.29 is 58.5 Å². The molecule has 11 N–H and O–H groups in total. The number of carbonyl (C=O) groups excluding carboxylic acids is 6. The average Bonchev–Trinajstić information content (AvgIpc) is 3.12. The van der Waals surface area contributed by atoms with Gasteiger partial charge in [-0.2, -0.15) is 0 Å². The van der Waals surface area contributed by atoms with Gasteiger partial charge in [-0.3, -0.25) is 38.4 Å². The predicted octanol–water partition coefficient (Wildman–Crippen LogP) is -0.451. The van der Waals surface area contributed by atoms with Crippen LogP contribution in [0.3, 0.4) is 0 Å². The lowest BCUT2D eigenvalue weighted by atomic mass is 10.0. The van der Waals surface area contributed by atoms with Gasteiger partial charge in [0.15, 0.2) is 5.78 Å². The van der Waals surface area contributed by atoms with Gasteiger partial charge in [0, 0.05) is 19.5 Å². The maximum Gasteiger partial charge on any atom is 0.315 e. The molecule has 0 saturated heterocycles. The number of carboxylic acids is 3. The van der Waals surface area contributed by atoms with Gasteiger partial charge in [-0.1, -0.05) is 37.6 Å². The van der Waals surface area contributed by atoms with Crippen LogP contribution < -0.4 is 37.6 Å². The number of ketones is 1. The largest absolute Gasteiger partial charge is 0.481 e. The summed E-state index contributed by atoms with van der Waals surface area (Å²) in [5.74, 6) is -6.31. The number of benzene rings is 1. The normalized spacial score (nSPS) is 13.2. The quantitative estimate of drug-likeness (QED) is 0.0400. The van der Waals surface area contributed by atoms with Gasteiger partial charge in [0.1, 0.15) is 18.1 Å². The molecule has 0 aliphatic heterocycles. The van der Waals surface area contributed by atoms with E-state index in [0.29, 0.717) is 49.8 Å². The van der Waals surface area contributed by atoms with Gasteiger partial charge in [-0.15, -0.1) is 12.3 Å².